The standard InChI is InChI=1S/C18H20N8O3S2/c1-3-28-16(27)15-9(2)25(7-14-22-24-18(31)26(14)19)12-5-4-10(6-11(12)15)29-8-13-20-17(30)23-21-13/h4-6H,3,7-8,19H2,1-2H3,(H,24,31)(H2,20,21,23,30). The summed E-state index contributed by atoms with van der Waals surface area (Å²) in [6.45, 7) is 4.38. The van der Waals surface area contributed by atoms with Gasteiger partial charge < -0.3 is 19.9 Å². The Morgan fingerprint density at radius 1 is 1.29 bits per heavy atom. The molecule has 0 atom stereocenters. The summed E-state index contributed by atoms with van der Waals surface area (Å²) in [5.74, 6) is 7.20. The Hall–Kier alpha value is -3.45. The molecule has 11 nitrogen and oxygen atoms in total. The first kappa shape index (κ1) is 20.8. The Bertz CT molecular complexity index is 1380. The highest BCUT2D eigenvalue weighted by molar-refractivity contribution is 7.71. The van der Waals surface area contributed by atoms with Gasteiger partial charge in [0.15, 0.2) is 11.6 Å². The lowest BCUT2D eigenvalue weighted by atomic mass is 10.1. The first-order valence-electron chi connectivity index (χ1n) is 9.36. The van der Waals surface area contributed by atoms with Gasteiger partial charge in [-0.2, -0.15) is 5.10 Å². The molecule has 3 heterocycles. The first-order chi connectivity index (χ1) is 14.9. The molecule has 1 aromatic carbocycles. The van der Waals surface area contributed by atoms with Crippen molar-refractivity contribution in [1.29, 1.82) is 0 Å². The molecule has 0 bridgehead atoms. The highest BCUT2D eigenvalue weighted by Crippen LogP contribution is 2.31. The minimum absolute atomic E-state index is 0.190. The van der Waals surface area contributed by atoms with Crippen LogP contribution in [-0.2, 0) is 17.9 Å². The van der Waals surface area contributed by atoms with Gasteiger partial charge in [-0.15, -0.1) is 0 Å². The minimum atomic E-state index is -0.413. The molecule has 162 valence electrons. The Morgan fingerprint density at radius 3 is 2.74 bits per heavy atom. The minimum Gasteiger partial charge on any atom is -0.486 e. The maximum Gasteiger partial charge on any atom is 0.340 e. The summed E-state index contributed by atoms with van der Waals surface area (Å²) in [5, 5.41) is 13.1. The number of aromatic amines is 3. The van der Waals surface area contributed by atoms with Gasteiger partial charge in [0.1, 0.15) is 12.4 Å². The number of esters is 1. The number of rotatable bonds is 7. The Kier molecular flexibility index (Phi) is 5.61. The van der Waals surface area contributed by atoms with Crippen molar-refractivity contribution in [3.63, 3.8) is 0 Å². The maximum atomic E-state index is 12.7. The van der Waals surface area contributed by atoms with Crippen LogP contribution in [0.5, 0.6) is 5.75 Å². The second-order valence-electron chi connectivity index (χ2n) is 6.66. The van der Waals surface area contributed by atoms with E-state index in [1.165, 1.54) is 4.68 Å². The number of aromatic nitrogens is 7. The van der Waals surface area contributed by atoms with Crippen LogP contribution in [0.15, 0.2) is 18.2 Å². The van der Waals surface area contributed by atoms with Crippen molar-refractivity contribution < 1.29 is 14.3 Å². The molecule has 3 aromatic heterocycles. The van der Waals surface area contributed by atoms with Gasteiger partial charge in [0.25, 0.3) is 0 Å². The highest BCUT2D eigenvalue weighted by Gasteiger charge is 2.22. The number of nitrogens with one attached hydrogen (secondary N) is 3. The molecule has 13 heteroatoms. The quantitative estimate of drug-likeness (QED) is 0.187. The number of nitrogens with two attached hydrogens (primary N) is 1. The predicted molar refractivity (Wildman–Crippen MR) is 117 cm³/mol. The number of carbonyl (C=O) groups is 1. The van der Waals surface area contributed by atoms with Crippen LogP contribution in [0.2, 0.25) is 0 Å². The third-order valence-corrected chi connectivity index (χ3v) is 5.26. The molecule has 0 aliphatic rings. The zero-order valence-corrected chi connectivity index (χ0v) is 18.4. The number of hydrogen-bond acceptors (Lipinski definition) is 8. The van der Waals surface area contributed by atoms with E-state index >= 15 is 0 Å². The van der Waals surface area contributed by atoms with Gasteiger partial charge in [-0.3, -0.25) is 15.3 Å². The van der Waals surface area contributed by atoms with E-state index in [0.717, 1.165) is 11.2 Å². The number of ether oxygens (including phenoxy) is 2. The average molecular weight is 461 g/mol. The fraction of sp³-hybridized carbons (Fsp3) is 0.278. The average Bonchev–Trinajstić information content (AvgIpc) is 3.38. The summed E-state index contributed by atoms with van der Waals surface area (Å²) < 4.78 is 15.0. The molecular weight excluding hydrogens is 440 g/mol. The van der Waals surface area contributed by atoms with E-state index in [1.807, 2.05) is 23.6 Å². The number of nitrogen functional groups attached to an aromatic ring is 1. The lowest BCUT2D eigenvalue weighted by molar-refractivity contribution is 0.0527. The smallest absolute Gasteiger partial charge is 0.340 e. The molecule has 0 fully saturated rings. The van der Waals surface area contributed by atoms with Crippen molar-refractivity contribution in [3.05, 3.63) is 50.6 Å². The van der Waals surface area contributed by atoms with Gasteiger partial charge in [-0.05, 0) is 56.5 Å². The van der Waals surface area contributed by atoms with Crippen molar-refractivity contribution in [2.45, 2.75) is 27.0 Å². The second-order valence-corrected chi connectivity index (χ2v) is 7.44. The van der Waals surface area contributed by atoms with E-state index < -0.39 is 5.97 Å². The van der Waals surface area contributed by atoms with E-state index in [-0.39, 0.29) is 13.2 Å². The van der Waals surface area contributed by atoms with Crippen molar-refractivity contribution in [3.8, 4) is 5.75 Å². The lowest BCUT2D eigenvalue weighted by Gasteiger charge is -2.08. The number of H-pyrrole nitrogens is 3. The van der Waals surface area contributed by atoms with Gasteiger partial charge in [-0.1, -0.05) is 0 Å². The lowest BCUT2D eigenvalue weighted by Crippen LogP contribution is -2.16. The summed E-state index contributed by atoms with van der Waals surface area (Å²) in [6.07, 6.45) is 0. The number of hydrogen-bond donors (Lipinski definition) is 4. The fourth-order valence-electron chi connectivity index (χ4n) is 3.33. The number of nitrogens with zero attached hydrogens (tertiary/aromatic N) is 4. The molecule has 4 rings (SSSR count). The summed E-state index contributed by atoms with van der Waals surface area (Å²) >= 11 is 10.0. The molecule has 4 aromatic rings. The predicted octanol–water partition coefficient (Wildman–Crippen LogP) is 2.50. The van der Waals surface area contributed by atoms with Gasteiger partial charge in [0.05, 0.1) is 18.7 Å². The largest absolute Gasteiger partial charge is 0.486 e. The normalized spacial score (nSPS) is 11.2. The van der Waals surface area contributed by atoms with Crippen LogP contribution in [0.4, 0.5) is 0 Å². The van der Waals surface area contributed by atoms with Crippen LogP contribution in [-0.4, -0.2) is 47.2 Å². The van der Waals surface area contributed by atoms with Crippen LogP contribution in [0, 0.1) is 16.5 Å². The van der Waals surface area contributed by atoms with E-state index in [1.54, 1.807) is 13.0 Å². The molecule has 5 N–H and O–H groups in total. The monoisotopic (exact) mass is 460 g/mol. The first-order valence-corrected chi connectivity index (χ1v) is 10.2. The Labute approximate surface area is 186 Å². The highest BCUT2D eigenvalue weighted by atomic mass is 32.1. The zero-order chi connectivity index (χ0) is 22.1. The van der Waals surface area contributed by atoms with Gasteiger partial charge in [0.2, 0.25) is 9.54 Å². The van der Waals surface area contributed by atoms with Crippen LogP contribution in [0.25, 0.3) is 10.9 Å². The van der Waals surface area contributed by atoms with Crippen molar-refractivity contribution in [2.24, 2.45) is 0 Å². The maximum absolute atomic E-state index is 12.7. The van der Waals surface area contributed by atoms with E-state index in [0.29, 0.717) is 44.4 Å². The summed E-state index contributed by atoms with van der Waals surface area (Å²) in [6, 6.07) is 5.48. The molecule has 0 saturated heterocycles. The van der Waals surface area contributed by atoms with Crippen molar-refractivity contribution in [1.82, 2.24) is 34.6 Å². The molecule has 0 amide bonds. The zero-order valence-electron chi connectivity index (χ0n) is 16.8. The van der Waals surface area contributed by atoms with Crippen molar-refractivity contribution in [2.75, 3.05) is 12.4 Å². The summed E-state index contributed by atoms with van der Waals surface area (Å²) in [5.41, 5.74) is 1.98. The number of benzene rings is 1. The van der Waals surface area contributed by atoms with Gasteiger partial charge >= 0.3 is 5.97 Å². The topological polar surface area (TPSA) is 145 Å². The summed E-state index contributed by atoms with van der Waals surface area (Å²) in [7, 11) is 0. The second kappa shape index (κ2) is 8.35. The van der Waals surface area contributed by atoms with Crippen LogP contribution in [0.3, 0.4) is 0 Å². The fourth-order valence-corrected chi connectivity index (χ4v) is 3.64. The SMILES string of the molecule is CCOC(=O)c1c(C)n(Cc2n[nH]c(=S)n2N)c2ccc(OCc3nc(=S)[nH][nH]3)cc12. The number of fused-ring (bicyclic) bond motifs is 1. The van der Waals surface area contributed by atoms with E-state index in [4.69, 9.17) is 39.8 Å². The van der Waals surface area contributed by atoms with Gasteiger partial charge in [0, 0.05) is 16.6 Å². The number of carbonyl (C=O) groups excluding carboxylic acids is 1. The molecule has 0 radical (unpaired) electrons. The van der Waals surface area contributed by atoms with E-state index in [2.05, 4.69) is 25.4 Å². The summed E-state index contributed by atoms with van der Waals surface area (Å²) in [4.78, 5) is 16.8. The Balaban J connectivity index is 1.76. The van der Waals surface area contributed by atoms with Crippen LogP contribution < -0.4 is 10.6 Å². The third kappa shape index (κ3) is 3.96. The molecule has 0 saturated carbocycles. The van der Waals surface area contributed by atoms with Gasteiger partial charge in [-0.25, -0.2) is 14.5 Å². The van der Waals surface area contributed by atoms with Crippen LogP contribution in [0.1, 0.15) is 34.6 Å². The molecule has 0 unspecified atom stereocenters. The molecule has 0 aliphatic heterocycles. The Morgan fingerprint density at radius 2 is 2.10 bits per heavy atom. The molecule has 31 heavy (non-hydrogen) atoms. The molecule has 0 aliphatic carbocycles. The third-order valence-electron chi connectivity index (χ3n) is 4.78. The van der Waals surface area contributed by atoms with E-state index in [9.17, 15) is 4.79 Å². The molecule has 0 spiro atoms. The molecular formula is C18H20N8O3S2. The van der Waals surface area contributed by atoms with Crippen molar-refractivity contribution >= 4 is 41.3 Å². The van der Waals surface area contributed by atoms with Crippen LogP contribution >= 0.6 is 24.4 Å².